The van der Waals surface area contributed by atoms with Gasteiger partial charge in [-0.1, -0.05) is 0 Å². The van der Waals surface area contributed by atoms with Crippen molar-refractivity contribution < 1.29 is 9.90 Å². The molecule has 0 amide bonds. The van der Waals surface area contributed by atoms with Crippen LogP contribution in [0.25, 0.3) is 0 Å². The van der Waals surface area contributed by atoms with Crippen LogP contribution in [0.5, 0.6) is 0 Å². The van der Waals surface area contributed by atoms with Gasteiger partial charge in [0.2, 0.25) is 0 Å². The van der Waals surface area contributed by atoms with Gasteiger partial charge in [0.1, 0.15) is 0 Å². The minimum Gasteiger partial charge on any atom is -0.481 e. The van der Waals surface area contributed by atoms with Gasteiger partial charge in [-0.3, -0.25) is 4.79 Å². The van der Waals surface area contributed by atoms with Crippen LogP contribution in [0.2, 0.25) is 0 Å². The topological polar surface area (TPSA) is 37.3 Å². The average Bonchev–Trinajstić information content (AvgIpc) is 1.75. The maximum Gasteiger partial charge on any atom is 0.300 e. The summed E-state index contributed by atoms with van der Waals surface area (Å²) in [5.74, 6) is -0.833. The van der Waals surface area contributed by atoms with Gasteiger partial charge in [-0.15, -0.1) is 26.3 Å². The SMILES string of the molecule is C=C.C=C.CC(=O)O. The zero-order valence-corrected chi connectivity index (χ0v) is 5.18. The van der Waals surface area contributed by atoms with Crippen molar-refractivity contribution in [3.8, 4) is 0 Å². The molecule has 0 aliphatic rings. The molecule has 2 nitrogen and oxygen atoms in total. The molecule has 0 saturated heterocycles. The van der Waals surface area contributed by atoms with Gasteiger partial charge in [0, 0.05) is 6.92 Å². The van der Waals surface area contributed by atoms with Crippen LogP contribution in [-0.4, -0.2) is 11.1 Å². The first-order valence-corrected chi connectivity index (χ1v) is 1.93. The van der Waals surface area contributed by atoms with Crippen molar-refractivity contribution in [2.24, 2.45) is 0 Å². The van der Waals surface area contributed by atoms with Crippen LogP contribution in [0, 0.1) is 0 Å². The Morgan fingerprint density at radius 2 is 1.25 bits per heavy atom. The minimum atomic E-state index is -0.833. The second-order valence-corrected chi connectivity index (χ2v) is 0.519. The highest BCUT2D eigenvalue weighted by Gasteiger charge is 1.65. The van der Waals surface area contributed by atoms with Crippen LogP contribution in [0.15, 0.2) is 26.3 Å². The van der Waals surface area contributed by atoms with Gasteiger partial charge in [-0.25, -0.2) is 0 Å². The molecule has 1 N–H and O–H groups in total. The predicted octanol–water partition coefficient (Wildman–Crippen LogP) is 1.70. The molecule has 0 atom stereocenters. The lowest BCUT2D eigenvalue weighted by Crippen LogP contribution is -1.78. The summed E-state index contributed by atoms with van der Waals surface area (Å²) in [6.07, 6.45) is 0. The van der Waals surface area contributed by atoms with Gasteiger partial charge in [0.05, 0.1) is 0 Å². The van der Waals surface area contributed by atoms with Crippen molar-refractivity contribution >= 4 is 5.97 Å². The summed E-state index contributed by atoms with van der Waals surface area (Å²) < 4.78 is 0. The quantitative estimate of drug-likeness (QED) is 0.489. The van der Waals surface area contributed by atoms with E-state index in [4.69, 9.17) is 9.90 Å². The third-order valence-corrected chi connectivity index (χ3v) is 0. The van der Waals surface area contributed by atoms with E-state index >= 15 is 0 Å². The number of hydrogen-bond acceptors (Lipinski definition) is 1. The summed E-state index contributed by atoms with van der Waals surface area (Å²) >= 11 is 0. The molecule has 2 heteroatoms. The number of rotatable bonds is 0. The average molecular weight is 116 g/mol. The Morgan fingerprint density at radius 3 is 1.25 bits per heavy atom. The summed E-state index contributed by atoms with van der Waals surface area (Å²) in [5.41, 5.74) is 0. The number of hydrogen-bond donors (Lipinski definition) is 1. The third-order valence-electron chi connectivity index (χ3n) is 0. The minimum absolute atomic E-state index is 0.833. The molecule has 0 fully saturated rings. The molecule has 0 aliphatic heterocycles. The second kappa shape index (κ2) is 38.3. The predicted molar refractivity (Wildman–Crippen MR) is 35.8 cm³/mol. The molecule has 0 aliphatic carbocycles. The lowest BCUT2D eigenvalue weighted by Gasteiger charge is -1.59. The van der Waals surface area contributed by atoms with Crippen molar-refractivity contribution in [3.05, 3.63) is 26.3 Å². The molecular formula is C6H12O2. The Morgan fingerprint density at radius 1 is 1.25 bits per heavy atom. The first-order chi connectivity index (χ1) is 3.73. The van der Waals surface area contributed by atoms with E-state index in [9.17, 15) is 0 Å². The van der Waals surface area contributed by atoms with Crippen LogP contribution in [0.3, 0.4) is 0 Å². The van der Waals surface area contributed by atoms with E-state index in [1.165, 1.54) is 0 Å². The van der Waals surface area contributed by atoms with Crippen LogP contribution < -0.4 is 0 Å². The fraction of sp³-hybridized carbons (Fsp3) is 0.167. The lowest BCUT2D eigenvalue weighted by molar-refractivity contribution is -0.134. The first-order valence-electron chi connectivity index (χ1n) is 1.93. The van der Waals surface area contributed by atoms with E-state index in [-0.39, 0.29) is 0 Å². The molecule has 0 aromatic rings. The molecule has 48 valence electrons. The maximum atomic E-state index is 9.00. The molecule has 0 heterocycles. The summed E-state index contributed by atoms with van der Waals surface area (Å²) in [6.45, 7) is 13.1. The van der Waals surface area contributed by atoms with E-state index in [1.54, 1.807) is 0 Å². The summed E-state index contributed by atoms with van der Waals surface area (Å²) in [4.78, 5) is 9.00. The van der Waals surface area contributed by atoms with E-state index in [2.05, 4.69) is 26.3 Å². The Kier molecular flexibility index (Phi) is 75.6. The number of carboxylic acids is 1. The molecule has 0 bridgehead atoms. The van der Waals surface area contributed by atoms with Gasteiger partial charge in [0.15, 0.2) is 0 Å². The Bertz CT molecular complexity index is 44.5. The Balaban J connectivity index is -0.0000000542. The van der Waals surface area contributed by atoms with Gasteiger partial charge in [-0.05, 0) is 0 Å². The zero-order chi connectivity index (χ0) is 7.58. The van der Waals surface area contributed by atoms with Crippen LogP contribution in [0.1, 0.15) is 6.92 Å². The lowest BCUT2D eigenvalue weighted by atomic mass is 10.9. The van der Waals surface area contributed by atoms with Crippen molar-refractivity contribution in [1.82, 2.24) is 0 Å². The van der Waals surface area contributed by atoms with Crippen molar-refractivity contribution in [2.45, 2.75) is 6.92 Å². The monoisotopic (exact) mass is 116 g/mol. The summed E-state index contributed by atoms with van der Waals surface area (Å²) in [6, 6.07) is 0. The molecule has 8 heavy (non-hydrogen) atoms. The van der Waals surface area contributed by atoms with Gasteiger partial charge in [0.25, 0.3) is 5.97 Å². The van der Waals surface area contributed by atoms with E-state index in [0.717, 1.165) is 6.92 Å². The van der Waals surface area contributed by atoms with Crippen molar-refractivity contribution in [2.75, 3.05) is 0 Å². The molecule has 0 spiro atoms. The Hall–Kier alpha value is -1.05. The van der Waals surface area contributed by atoms with Crippen molar-refractivity contribution in [3.63, 3.8) is 0 Å². The highest BCUT2D eigenvalue weighted by Crippen LogP contribution is 1.42. The normalized spacial score (nSPS) is 4.12. The number of aliphatic carboxylic acids is 1. The molecular weight excluding hydrogens is 104 g/mol. The van der Waals surface area contributed by atoms with Crippen LogP contribution in [0.4, 0.5) is 0 Å². The second-order valence-electron chi connectivity index (χ2n) is 0.519. The fourth-order valence-corrected chi connectivity index (χ4v) is 0. The molecule has 0 saturated carbocycles. The van der Waals surface area contributed by atoms with E-state index < -0.39 is 5.97 Å². The van der Waals surface area contributed by atoms with Gasteiger partial charge < -0.3 is 5.11 Å². The molecule has 0 unspecified atom stereocenters. The highest BCUT2D eigenvalue weighted by molar-refractivity contribution is 5.62. The highest BCUT2D eigenvalue weighted by atomic mass is 16.4. The summed E-state index contributed by atoms with van der Waals surface area (Å²) in [7, 11) is 0. The zero-order valence-electron chi connectivity index (χ0n) is 5.18. The number of carbonyl (C=O) groups is 1. The smallest absolute Gasteiger partial charge is 0.300 e. The van der Waals surface area contributed by atoms with E-state index in [0.29, 0.717) is 0 Å². The molecule has 0 rings (SSSR count). The molecule has 0 aromatic heterocycles. The maximum absolute atomic E-state index is 9.00. The first kappa shape index (κ1) is 15.8. The van der Waals surface area contributed by atoms with Crippen LogP contribution in [-0.2, 0) is 4.79 Å². The fourth-order valence-electron chi connectivity index (χ4n) is 0. The van der Waals surface area contributed by atoms with Crippen LogP contribution >= 0.6 is 0 Å². The van der Waals surface area contributed by atoms with E-state index in [1.807, 2.05) is 0 Å². The number of carboxylic acid groups (broad SMARTS) is 1. The largest absolute Gasteiger partial charge is 0.481 e. The van der Waals surface area contributed by atoms with Gasteiger partial charge >= 0.3 is 0 Å². The summed E-state index contributed by atoms with van der Waals surface area (Å²) in [5, 5.41) is 7.42. The Labute approximate surface area is 50.2 Å². The van der Waals surface area contributed by atoms with Gasteiger partial charge in [-0.2, -0.15) is 0 Å². The standard InChI is InChI=1S/C2H4O2.2C2H4/c1-2(3)4;2*1-2/h1H3,(H,3,4);2*1-2H2. The van der Waals surface area contributed by atoms with Crippen molar-refractivity contribution in [1.29, 1.82) is 0 Å². The molecule has 0 aromatic carbocycles. The molecule has 0 radical (unpaired) electrons. The third kappa shape index (κ3) is 70.1.